The molecule has 11 rings (SSSR count). The summed E-state index contributed by atoms with van der Waals surface area (Å²) in [7, 11) is 0. The van der Waals surface area contributed by atoms with Crippen LogP contribution in [0.25, 0.3) is 88.1 Å². The van der Waals surface area contributed by atoms with Crippen molar-refractivity contribution in [2.24, 2.45) is 0 Å². The molecule has 3 nitrogen and oxygen atoms in total. The molecule has 0 bridgehead atoms. The topological polar surface area (TPSA) is 29.0 Å². The van der Waals surface area contributed by atoms with Crippen molar-refractivity contribution in [2.75, 3.05) is 4.90 Å². The molecule has 2 aromatic heterocycles. The second-order valence-corrected chi connectivity index (χ2v) is 14.9. The SMILES string of the molecule is c1ccc(-c2ccc(-c3cc(-c4ccccc4-c4nc5cc(N(c6ccccc6)c6ccccc6)ccc5c5c4ccc4ccccc45)nc4ccccc34)cc2)cc1. The van der Waals surface area contributed by atoms with Crippen molar-refractivity contribution < 1.29 is 0 Å². The van der Waals surface area contributed by atoms with Gasteiger partial charge in [-0.3, -0.25) is 0 Å². The fourth-order valence-electron chi connectivity index (χ4n) is 8.65. The van der Waals surface area contributed by atoms with Crippen molar-refractivity contribution in [2.45, 2.75) is 0 Å². The average molecular weight is 752 g/mol. The first-order valence-electron chi connectivity index (χ1n) is 20.1. The molecular formula is C56H37N3. The molecule has 11 aromatic rings. The molecule has 59 heavy (non-hydrogen) atoms. The van der Waals surface area contributed by atoms with Gasteiger partial charge in [0, 0.05) is 49.7 Å². The zero-order chi connectivity index (χ0) is 39.1. The van der Waals surface area contributed by atoms with E-state index >= 15 is 0 Å². The number of pyridine rings is 2. The van der Waals surface area contributed by atoms with Crippen molar-refractivity contribution >= 4 is 60.4 Å². The van der Waals surface area contributed by atoms with Crippen LogP contribution in [0.3, 0.4) is 0 Å². The van der Waals surface area contributed by atoms with Crippen LogP contribution >= 0.6 is 0 Å². The molecule has 0 spiro atoms. The minimum Gasteiger partial charge on any atom is -0.310 e. The highest BCUT2D eigenvalue weighted by Gasteiger charge is 2.20. The zero-order valence-corrected chi connectivity index (χ0v) is 32.2. The summed E-state index contributed by atoms with van der Waals surface area (Å²) in [5.74, 6) is 0. The summed E-state index contributed by atoms with van der Waals surface area (Å²) in [6.07, 6.45) is 0. The molecule has 276 valence electrons. The molecule has 0 fully saturated rings. The van der Waals surface area contributed by atoms with Gasteiger partial charge in [0.25, 0.3) is 0 Å². The van der Waals surface area contributed by atoms with E-state index in [0.29, 0.717) is 0 Å². The number of benzene rings is 9. The van der Waals surface area contributed by atoms with Gasteiger partial charge in [0.2, 0.25) is 0 Å². The Kier molecular flexibility index (Phi) is 8.49. The van der Waals surface area contributed by atoms with Gasteiger partial charge in [-0.05, 0) is 81.6 Å². The van der Waals surface area contributed by atoms with Crippen LogP contribution in [0.15, 0.2) is 224 Å². The molecule has 0 amide bonds. The lowest BCUT2D eigenvalue weighted by atomic mass is 9.91. The minimum atomic E-state index is 0.908. The third-order valence-electron chi connectivity index (χ3n) is 11.4. The Hall–Kier alpha value is -7.88. The Bertz CT molecular complexity index is 3270. The van der Waals surface area contributed by atoms with Crippen molar-refractivity contribution in [3.05, 3.63) is 224 Å². The third-order valence-corrected chi connectivity index (χ3v) is 11.4. The first kappa shape index (κ1) is 34.4. The summed E-state index contributed by atoms with van der Waals surface area (Å²) in [6, 6.07) is 79.7. The van der Waals surface area contributed by atoms with Gasteiger partial charge in [-0.25, -0.2) is 9.97 Å². The molecule has 0 radical (unpaired) electrons. The molecular weight excluding hydrogens is 715 g/mol. The third kappa shape index (κ3) is 6.17. The number of aromatic nitrogens is 2. The van der Waals surface area contributed by atoms with Crippen molar-refractivity contribution in [3.63, 3.8) is 0 Å². The summed E-state index contributed by atoms with van der Waals surface area (Å²) in [6.45, 7) is 0. The summed E-state index contributed by atoms with van der Waals surface area (Å²) < 4.78 is 0. The number of hydrogen-bond donors (Lipinski definition) is 0. The monoisotopic (exact) mass is 751 g/mol. The molecule has 2 heterocycles. The van der Waals surface area contributed by atoms with Gasteiger partial charge in [-0.15, -0.1) is 0 Å². The van der Waals surface area contributed by atoms with E-state index in [-0.39, 0.29) is 0 Å². The predicted molar refractivity (Wildman–Crippen MR) is 248 cm³/mol. The Morgan fingerprint density at radius 1 is 0.305 bits per heavy atom. The summed E-state index contributed by atoms with van der Waals surface area (Å²) >= 11 is 0. The van der Waals surface area contributed by atoms with E-state index in [9.17, 15) is 0 Å². The molecule has 0 aliphatic rings. The molecule has 0 aliphatic carbocycles. The highest BCUT2D eigenvalue weighted by molar-refractivity contribution is 6.23. The highest BCUT2D eigenvalue weighted by Crippen LogP contribution is 2.43. The molecule has 0 aliphatic heterocycles. The second kappa shape index (κ2) is 14.6. The fourth-order valence-corrected chi connectivity index (χ4v) is 8.65. The lowest BCUT2D eigenvalue weighted by molar-refractivity contribution is 1.28. The highest BCUT2D eigenvalue weighted by atomic mass is 15.1. The van der Waals surface area contributed by atoms with Crippen LogP contribution in [0.1, 0.15) is 0 Å². The number of anilines is 3. The molecule has 0 saturated carbocycles. The summed E-state index contributed by atoms with van der Waals surface area (Å²) in [5.41, 5.74) is 13.7. The van der Waals surface area contributed by atoms with Gasteiger partial charge < -0.3 is 4.90 Å². The van der Waals surface area contributed by atoms with Crippen LogP contribution < -0.4 is 4.90 Å². The van der Waals surface area contributed by atoms with E-state index < -0.39 is 0 Å². The Morgan fingerprint density at radius 2 is 0.881 bits per heavy atom. The van der Waals surface area contributed by atoms with E-state index in [1.165, 1.54) is 27.3 Å². The normalized spacial score (nSPS) is 11.4. The Labute approximate surface area is 343 Å². The van der Waals surface area contributed by atoms with Gasteiger partial charge >= 0.3 is 0 Å². The standard InChI is InChI=1S/C56H37N3/c1-4-16-38(17-5-1)39-28-30-41(31-29-39)51-37-54(57-52-27-15-14-25-47(51)52)46-24-12-13-26-48(46)56-50-34-32-40-18-10-11-23-45(40)55(50)49-35-33-44(36-53(49)58-56)59(42-19-6-2-7-20-42)43-21-8-3-9-22-43/h1-37H. The molecule has 0 N–H and O–H groups in total. The zero-order valence-electron chi connectivity index (χ0n) is 32.2. The van der Waals surface area contributed by atoms with Crippen LogP contribution in [0.2, 0.25) is 0 Å². The Balaban J connectivity index is 1.13. The largest absolute Gasteiger partial charge is 0.310 e. The van der Waals surface area contributed by atoms with E-state index in [0.717, 1.165) is 77.9 Å². The number of fused-ring (bicyclic) bond motifs is 6. The number of para-hydroxylation sites is 3. The maximum Gasteiger partial charge on any atom is 0.0795 e. The summed E-state index contributed by atoms with van der Waals surface area (Å²) in [4.78, 5) is 13.3. The van der Waals surface area contributed by atoms with Crippen molar-refractivity contribution in [1.29, 1.82) is 0 Å². The number of nitrogens with zero attached hydrogens (tertiary/aromatic N) is 3. The predicted octanol–water partition coefficient (Wildman–Crippen LogP) is 15.2. The lowest BCUT2D eigenvalue weighted by Crippen LogP contribution is -2.09. The van der Waals surface area contributed by atoms with E-state index in [2.05, 4.69) is 229 Å². The van der Waals surface area contributed by atoms with Crippen LogP contribution in [0.4, 0.5) is 17.1 Å². The molecule has 0 saturated heterocycles. The quantitative estimate of drug-likeness (QED) is 0.152. The maximum atomic E-state index is 5.62. The van der Waals surface area contributed by atoms with Crippen LogP contribution in [0, 0.1) is 0 Å². The first-order chi connectivity index (χ1) is 29.3. The van der Waals surface area contributed by atoms with Gasteiger partial charge in [0.1, 0.15) is 0 Å². The van der Waals surface area contributed by atoms with E-state index in [4.69, 9.17) is 9.97 Å². The van der Waals surface area contributed by atoms with Crippen LogP contribution in [-0.4, -0.2) is 9.97 Å². The van der Waals surface area contributed by atoms with Crippen molar-refractivity contribution in [1.82, 2.24) is 9.97 Å². The van der Waals surface area contributed by atoms with Crippen LogP contribution in [0.5, 0.6) is 0 Å². The second-order valence-electron chi connectivity index (χ2n) is 14.9. The smallest absolute Gasteiger partial charge is 0.0795 e. The van der Waals surface area contributed by atoms with E-state index in [1.807, 2.05) is 0 Å². The van der Waals surface area contributed by atoms with Crippen LogP contribution in [-0.2, 0) is 0 Å². The Morgan fingerprint density at radius 3 is 1.63 bits per heavy atom. The van der Waals surface area contributed by atoms with Gasteiger partial charge in [0.15, 0.2) is 0 Å². The molecule has 0 unspecified atom stereocenters. The molecule has 3 heteroatoms. The van der Waals surface area contributed by atoms with Gasteiger partial charge in [0.05, 0.1) is 22.4 Å². The number of hydrogen-bond acceptors (Lipinski definition) is 3. The summed E-state index contributed by atoms with van der Waals surface area (Å²) in [5, 5.41) is 6.95. The lowest BCUT2D eigenvalue weighted by Gasteiger charge is -2.26. The van der Waals surface area contributed by atoms with E-state index in [1.54, 1.807) is 0 Å². The molecule has 0 atom stereocenters. The van der Waals surface area contributed by atoms with Crippen molar-refractivity contribution in [3.8, 4) is 44.8 Å². The fraction of sp³-hybridized carbons (Fsp3) is 0. The van der Waals surface area contributed by atoms with Gasteiger partial charge in [-0.1, -0.05) is 176 Å². The first-order valence-corrected chi connectivity index (χ1v) is 20.1. The molecule has 9 aromatic carbocycles. The average Bonchev–Trinajstić information content (AvgIpc) is 3.32. The minimum absolute atomic E-state index is 0.908. The number of rotatable bonds is 7. The van der Waals surface area contributed by atoms with Gasteiger partial charge in [-0.2, -0.15) is 0 Å². The maximum absolute atomic E-state index is 5.62.